The van der Waals surface area contributed by atoms with Crippen molar-refractivity contribution in [1.29, 1.82) is 0 Å². The summed E-state index contributed by atoms with van der Waals surface area (Å²) in [5.74, 6) is 0. The molecule has 0 aliphatic heterocycles. The van der Waals surface area contributed by atoms with E-state index in [9.17, 15) is 0 Å². The highest BCUT2D eigenvalue weighted by Crippen LogP contribution is 2.33. The van der Waals surface area contributed by atoms with Crippen LogP contribution in [0.15, 0.2) is 11.5 Å². The lowest BCUT2D eigenvalue weighted by Gasteiger charge is -2.28. The van der Waals surface area contributed by atoms with Crippen molar-refractivity contribution in [3.63, 3.8) is 0 Å². The van der Waals surface area contributed by atoms with Gasteiger partial charge >= 0.3 is 0 Å². The van der Waals surface area contributed by atoms with Crippen molar-refractivity contribution in [3.05, 3.63) is 6.33 Å². The van der Waals surface area contributed by atoms with Gasteiger partial charge in [0.25, 0.3) is 0 Å². The van der Waals surface area contributed by atoms with Crippen molar-refractivity contribution in [2.24, 2.45) is 18.2 Å². The average Bonchev–Trinajstić information content (AvgIpc) is 2.45. The molecular formula is C9H18N4S. The number of aromatic nitrogens is 3. The van der Waals surface area contributed by atoms with Crippen molar-refractivity contribution >= 4 is 11.8 Å². The Labute approximate surface area is 89.3 Å². The number of rotatable bonds is 3. The van der Waals surface area contributed by atoms with Gasteiger partial charge in [-0.15, -0.1) is 0 Å². The van der Waals surface area contributed by atoms with Gasteiger partial charge < -0.3 is 5.73 Å². The second-order valence-corrected chi connectivity index (χ2v) is 5.54. The van der Waals surface area contributed by atoms with E-state index in [0.29, 0.717) is 11.8 Å². The first kappa shape index (κ1) is 11.5. The summed E-state index contributed by atoms with van der Waals surface area (Å²) >= 11 is 1.69. The predicted octanol–water partition coefficient (Wildman–Crippen LogP) is 1.28. The van der Waals surface area contributed by atoms with Crippen molar-refractivity contribution in [2.45, 2.75) is 31.2 Å². The molecule has 4 nitrogen and oxygen atoms in total. The number of hydrogen-bond acceptors (Lipinski definition) is 4. The van der Waals surface area contributed by atoms with Crippen LogP contribution in [0.5, 0.6) is 0 Å². The van der Waals surface area contributed by atoms with Gasteiger partial charge in [0.15, 0.2) is 5.16 Å². The molecule has 0 aliphatic rings. The number of nitrogens with two attached hydrogens (primary N) is 1. The fourth-order valence-electron chi connectivity index (χ4n) is 1.10. The van der Waals surface area contributed by atoms with E-state index in [2.05, 4.69) is 30.9 Å². The van der Waals surface area contributed by atoms with Crippen molar-refractivity contribution in [1.82, 2.24) is 14.8 Å². The Hall–Kier alpha value is -0.550. The third kappa shape index (κ3) is 2.72. The summed E-state index contributed by atoms with van der Waals surface area (Å²) in [7, 11) is 1.89. The van der Waals surface area contributed by atoms with Gasteiger partial charge in [-0.1, -0.05) is 32.5 Å². The minimum atomic E-state index is 0.186. The zero-order valence-corrected chi connectivity index (χ0v) is 10.0. The second kappa shape index (κ2) is 4.31. The van der Waals surface area contributed by atoms with Crippen LogP contribution in [-0.4, -0.2) is 26.6 Å². The molecule has 14 heavy (non-hydrogen) atoms. The molecule has 1 heterocycles. The van der Waals surface area contributed by atoms with E-state index in [1.165, 1.54) is 0 Å². The molecule has 0 spiro atoms. The van der Waals surface area contributed by atoms with E-state index >= 15 is 0 Å². The monoisotopic (exact) mass is 214 g/mol. The summed E-state index contributed by atoms with van der Waals surface area (Å²) in [5, 5.41) is 5.32. The lowest BCUT2D eigenvalue weighted by atomic mass is 9.92. The van der Waals surface area contributed by atoms with Crippen LogP contribution in [0.1, 0.15) is 20.8 Å². The van der Waals surface area contributed by atoms with Gasteiger partial charge in [0.1, 0.15) is 6.33 Å². The second-order valence-electron chi connectivity index (χ2n) is 4.37. The first-order valence-corrected chi connectivity index (χ1v) is 5.54. The summed E-state index contributed by atoms with van der Waals surface area (Å²) in [6, 6.07) is 0. The molecule has 1 aromatic heterocycles. The summed E-state index contributed by atoms with van der Waals surface area (Å²) in [6.45, 7) is 7.22. The molecule has 0 radical (unpaired) electrons. The summed E-state index contributed by atoms with van der Waals surface area (Å²) < 4.78 is 1.78. The van der Waals surface area contributed by atoms with Gasteiger partial charge in [0.05, 0.1) is 0 Å². The van der Waals surface area contributed by atoms with Crippen molar-refractivity contribution in [2.75, 3.05) is 6.54 Å². The smallest absolute Gasteiger partial charge is 0.186 e. The molecule has 0 amide bonds. The normalized spacial score (nSPS) is 14.4. The standard InChI is InChI=1S/C9H18N4S/c1-9(2,3)7(5-10)14-8-11-6-12-13(8)4/h6-7H,5,10H2,1-4H3. The highest BCUT2D eigenvalue weighted by atomic mass is 32.2. The SMILES string of the molecule is Cn1ncnc1SC(CN)C(C)(C)C. The highest BCUT2D eigenvalue weighted by Gasteiger charge is 2.25. The van der Waals surface area contributed by atoms with E-state index in [-0.39, 0.29) is 5.41 Å². The zero-order chi connectivity index (χ0) is 10.8. The number of thioether (sulfide) groups is 1. The molecule has 1 unspecified atom stereocenters. The molecule has 0 aliphatic carbocycles. The van der Waals surface area contributed by atoms with Gasteiger partial charge in [0.2, 0.25) is 0 Å². The largest absolute Gasteiger partial charge is 0.329 e. The van der Waals surface area contributed by atoms with Gasteiger partial charge in [-0.25, -0.2) is 9.67 Å². The molecule has 0 bridgehead atoms. The minimum Gasteiger partial charge on any atom is -0.329 e. The maximum absolute atomic E-state index is 5.75. The van der Waals surface area contributed by atoms with Gasteiger partial charge in [-0.2, -0.15) is 5.10 Å². The lowest BCUT2D eigenvalue weighted by Crippen LogP contribution is -2.31. The van der Waals surface area contributed by atoms with E-state index in [4.69, 9.17) is 5.73 Å². The third-order valence-electron chi connectivity index (χ3n) is 2.10. The predicted molar refractivity (Wildman–Crippen MR) is 59.2 cm³/mol. The van der Waals surface area contributed by atoms with Gasteiger partial charge in [0, 0.05) is 18.8 Å². The third-order valence-corrected chi connectivity index (χ3v) is 3.86. The molecule has 0 fully saturated rings. The molecule has 1 rings (SSSR count). The Balaban J connectivity index is 2.71. The van der Waals surface area contributed by atoms with Gasteiger partial charge in [-0.05, 0) is 5.41 Å². The van der Waals surface area contributed by atoms with Crippen LogP contribution in [0.2, 0.25) is 0 Å². The Morgan fingerprint density at radius 3 is 2.57 bits per heavy atom. The van der Waals surface area contributed by atoms with Crippen molar-refractivity contribution in [3.8, 4) is 0 Å². The van der Waals surface area contributed by atoms with Crippen LogP contribution in [0.4, 0.5) is 0 Å². The number of nitrogens with zero attached hydrogens (tertiary/aromatic N) is 3. The molecule has 5 heteroatoms. The van der Waals surface area contributed by atoms with Crippen LogP contribution in [0.3, 0.4) is 0 Å². The topological polar surface area (TPSA) is 56.7 Å². The minimum absolute atomic E-state index is 0.186. The highest BCUT2D eigenvalue weighted by molar-refractivity contribution is 7.99. The maximum atomic E-state index is 5.75. The Morgan fingerprint density at radius 2 is 2.21 bits per heavy atom. The Bertz CT molecular complexity index is 289. The Morgan fingerprint density at radius 1 is 1.57 bits per heavy atom. The number of aryl methyl sites for hydroxylation is 1. The molecule has 1 aromatic rings. The van der Waals surface area contributed by atoms with Crippen LogP contribution < -0.4 is 5.73 Å². The molecule has 80 valence electrons. The zero-order valence-electron chi connectivity index (χ0n) is 9.19. The van der Waals surface area contributed by atoms with E-state index < -0.39 is 0 Å². The number of hydrogen-bond donors (Lipinski definition) is 1. The quantitative estimate of drug-likeness (QED) is 0.770. The van der Waals surface area contributed by atoms with E-state index in [1.54, 1.807) is 22.8 Å². The molecule has 2 N–H and O–H groups in total. The van der Waals surface area contributed by atoms with E-state index in [0.717, 1.165) is 5.16 Å². The molecule has 1 atom stereocenters. The van der Waals surface area contributed by atoms with Crippen LogP contribution in [-0.2, 0) is 7.05 Å². The van der Waals surface area contributed by atoms with Gasteiger partial charge in [-0.3, -0.25) is 0 Å². The molecule has 0 aromatic carbocycles. The first-order chi connectivity index (χ1) is 6.45. The van der Waals surface area contributed by atoms with Crippen LogP contribution in [0, 0.1) is 5.41 Å². The van der Waals surface area contributed by atoms with Crippen molar-refractivity contribution < 1.29 is 0 Å². The lowest BCUT2D eigenvalue weighted by molar-refractivity contribution is 0.397. The fourth-order valence-corrected chi connectivity index (χ4v) is 2.11. The molecule has 0 saturated heterocycles. The summed E-state index contributed by atoms with van der Waals surface area (Å²) in [6.07, 6.45) is 1.57. The fraction of sp³-hybridized carbons (Fsp3) is 0.778. The average molecular weight is 214 g/mol. The summed E-state index contributed by atoms with van der Waals surface area (Å²) in [5.41, 5.74) is 5.93. The van der Waals surface area contributed by atoms with Crippen LogP contribution in [0.25, 0.3) is 0 Å². The first-order valence-electron chi connectivity index (χ1n) is 4.66. The van der Waals surface area contributed by atoms with Crippen LogP contribution >= 0.6 is 11.8 Å². The molecular weight excluding hydrogens is 196 g/mol. The molecule has 0 saturated carbocycles. The maximum Gasteiger partial charge on any atom is 0.186 e. The summed E-state index contributed by atoms with van der Waals surface area (Å²) in [4.78, 5) is 4.18. The van der Waals surface area contributed by atoms with E-state index in [1.807, 2.05) is 7.05 Å². The Kier molecular flexibility index (Phi) is 3.55.